The number of carbonyl (C=O) groups is 1. The van der Waals surface area contributed by atoms with Gasteiger partial charge in [-0.1, -0.05) is 53.6 Å². The Kier molecular flexibility index (Phi) is 4.50. The highest BCUT2D eigenvalue weighted by Gasteiger charge is 2.41. The third-order valence-electron chi connectivity index (χ3n) is 4.74. The van der Waals surface area contributed by atoms with Gasteiger partial charge in [-0.2, -0.15) is 0 Å². The first kappa shape index (κ1) is 17.4. The molecule has 0 bridgehead atoms. The van der Waals surface area contributed by atoms with Crippen LogP contribution < -0.4 is 0 Å². The van der Waals surface area contributed by atoms with Crippen molar-refractivity contribution < 1.29 is 14.3 Å². The van der Waals surface area contributed by atoms with Crippen LogP contribution in [0.5, 0.6) is 0 Å². The summed E-state index contributed by atoms with van der Waals surface area (Å²) in [5, 5.41) is 11.3. The molecule has 3 aromatic rings. The molecule has 4 nitrogen and oxygen atoms in total. The minimum absolute atomic E-state index is 0.240. The number of halogens is 1. The maximum Gasteiger partial charge on any atom is 0.290 e. The van der Waals surface area contributed by atoms with Gasteiger partial charge >= 0.3 is 0 Å². The molecule has 0 aliphatic carbocycles. The van der Waals surface area contributed by atoms with E-state index in [0.29, 0.717) is 16.4 Å². The third-order valence-corrected chi connectivity index (χ3v) is 4.97. The molecule has 1 N–H and O–H groups in total. The zero-order valence-corrected chi connectivity index (χ0v) is 15.5. The maximum absolute atomic E-state index is 12.9. The Bertz CT molecular complexity index is 1010. The van der Waals surface area contributed by atoms with Gasteiger partial charge in [0.15, 0.2) is 5.76 Å². The van der Waals surface area contributed by atoms with E-state index in [2.05, 4.69) is 0 Å². The van der Waals surface area contributed by atoms with Gasteiger partial charge < -0.3 is 14.4 Å². The van der Waals surface area contributed by atoms with E-state index in [-0.39, 0.29) is 12.3 Å². The second-order valence-electron chi connectivity index (χ2n) is 6.60. The number of furan rings is 1. The minimum atomic E-state index is -0.455. The summed E-state index contributed by atoms with van der Waals surface area (Å²) in [4.78, 5) is 14.5. The smallest absolute Gasteiger partial charge is 0.290 e. The molecule has 1 atom stereocenters. The van der Waals surface area contributed by atoms with Crippen molar-refractivity contribution in [1.82, 2.24) is 4.90 Å². The standard InChI is InChI=1S/C22H18ClNO3/c1-14-7-9-15(10-8-14)19-20(16-4-2-5-17(23)12-16)24(22(26)21(19)25)13-18-6-3-11-27-18/h2-12,20,25H,13H2,1H3. The van der Waals surface area contributed by atoms with Crippen LogP contribution in [0, 0.1) is 6.92 Å². The lowest BCUT2D eigenvalue weighted by Gasteiger charge is -2.26. The molecule has 0 saturated heterocycles. The molecule has 2 heterocycles. The number of carbonyl (C=O) groups excluding carboxylic acids is 1. The van der Waals surface area contributed by atoms with Gasteiger partial charge in [-0.15, -0.1) is 0 Å². The number of amides is 1. The Morgan fingerprint density at radius 1 is 1.11 bits per heavy atom. The van der Waals surface area contributed by atoms with Crippen molar-refractivity contribution in [3.8, 4) is 0 Å². The van der Waals surface area contributed by atoms with Crippen molar-refractivity contribution in [2.75, 3.05) is 0 Å². The highest BCUT2D eigenvalue weighted by Crippen LogP contribution is 2.44. The lowest BCUT2D eigenvalue weighted by molar-refractivity contribution is -0.130. The van der Waals surface area contributed by atoms with Crippen LogP contribution in [0.2, 0.25) is 5.02 Å². The van der Waals surface area contributed by atoms with Crippen molar-refractivity contribution in [2.24, 2.45) is 0 Å². The van der Waals surface area contributed by atoms with Gasteiger partial charge in [-0.3, -0.25) is 4.79 Å². The van der Waals surface area contributed by atoms with Crippen LogP contribution in [0.1, 0.15) is 28.5 Å². The molecule has 1 unspecified atom stereocenters. The van der Waals surface area contributed by atoms with E-state index in [1.807, 2.05) is 55.5 Å². The summed E-state index contributed by atoms with van der Waals surface area (Å²) in [6.07, 6.45) is 1.57. The van der Waals surface area contributed by atoms with Crippen LogP contribution in [-0.4, -0.2) is 15.9 Å². The molecule has 4 rings (SSSR count). The minimum Gasteiger partial charge on any atom is -0.503 e. The van der Waals surface area contributed by atoms with Crippen LogP contribution in [0.15, 0.2) is 77.1 Å². The first-order chi connectivity index (χ1) is 13.0. The van der Waals surface area contributed by atoms with Crippen molar-refractivity contribution in [3.05, 3.63) is 100 Å². The maximum atomic E-state index is 12.9. The SMILES string of the molecule is Cc1ccc(C2=C(O)C(=O)N(Cc3ccco3)C2c2cccc(Cl)c2)cc1. The van der Waals surface area contributed by atoms with Crippen LogP contribution >= 0.6 is 11.6 Å². The molecule has 0 spiro atoms. The third kappa shape index (κ3) is 3.24. The van der Waals surface area contributed by atoms with Crippen LogP contribution in [0.25, 0.3) is 5.57 Å². The monoisotopic (exact) mass is 379 g/mol. The largest absolute Gasteiger partial charge is 0.503 e. The van der Waals surface area contributed by atoms with Gasteiger partial charge in [0.05, 0.1) is 18.8 Å². The Balaban J connectivity index is 1.84. The number of nitrogens with zero attached hydrogens (tertiary/aromatic N) is 1. The van der Waals surface area contributed by atoms with Crippen LogP contribution in [0.3, 0.4) is 0 Å². The number of hydrogen-bond donors (Lipinski definition) is 1. The van der Waals surface area contributed by atoms with Crippen molar-refractivity contribution in [3.63, 3.8) is 0 Å². The second-order valence-corrected chi connectivity index (χ2v) is 7.03. The van der Waals surface area contributed by atoms with E-state index in [0.717, 1.165) is 16.7 Å². The molecule has 1 aromatic heterocycles. The Morgan fingerprint density at radius 2 is 1.89 bits per heavy atom. The summed E-state index contributed by atoms with van der Waals surface area (Å²) in [6.45, 7) is 2.25. The average molecular weight is 380 g/mol. The van der Waals surface area contributed by atoms with Crippen molar-refractivity contribution in [1.29, 1.82) is 0 Å². The lowest BCUT2D eigenvalue weighted by atomic mass is 9.93. The summed E-state index contributed by atoms with van der Waals surface area (Å²) >= 11 is 6.20. The van der Waals surface area contributed by atoms with Gasteiger partial charge in [0.25, 0.3) is 5.91 Å². The number of rotatable bonds is 4. The van der Waals surface area contributed by atoms with Crippen molar-refractivity contribution in [2.45, 2.75) is 19.5 Å². The van der Waals surface area contributed by atoms with Crippen LogP contribution in [-0.2, 0) is 11.3 Å². The van der Waals surface area contributed by atoms with Gasteiger partial charge in [-0.25, -0.2) is 0 Å². The lowest BCUT2D eigenvalue weighted by Crippen LogP contribution is -2.29. The number of aliphatic hydroxyl groups is 1. The fraction of sp³-hybridized carbons (Fsp3) is 0.136. The molecule has 0 radical (unpaired) electrons. The number of aryl methyl sites for hydroxylation is 1. The predicted molar refractivity (Wildman–Crippen MR) is 104 cm³/mol. The van der Waals surface area contributed by atoms with Gasteiger partial charge in [-0.05, 0) is 42.3 Å². The van der Waals surface area contributed by atoms with E-state index in [1.54, 1.807) is 23.3 Å². The van der Waals surface area contributed by atoms with E-state index in [9.17, 15) is 9.90 Å². The molecule has 2 aromatic carbocycles. The normalized spacial score (nSPS) is 17.0. The fourth-order valence-electron chi connectivity index (χ4n) is 3.44. The molecule has 0 saturated carbocycles. The molecule has 136 valence electrons. The fourth-order valence-corrected chi connectivity index (χ4v) is 3.64. The van der Waals surface area contributed by atoms with Gasteiger partial charge in [0.1, 0.15) is 5.76 Å². The van der Waals surface area contributed by atoms with E-state index >= 15 is 0 Å². The average Bonchev–Trinajstić information content (AvgIpc) is 3.25. The molecule has 5 heteroatoms. The summed E-state index contributed by atoms with van der Waals surface area (Å²) in [5.41, 5.74) is 3.32. The number of aliphatic hydroxyl groups excluding tert-OH is 1. The van der Waals surface area contributed by atoms with Crippen LogP contribution in [0.4, 0.5) is 0 Å². The van der Waals surface area contributed by atoms with E-state index in [1.165, 1.54) is 0 Å². The zero-order valence-electron chi connectivity index (χ0n) is 14.7. The van der Waals surface area contributed by atoms with Gasteiger partial charge in [0, 0.05) is 10.6 Å². The summed E-state index contributed by atoms with van der Waals surface area (Å²) in [7, 11) is 0. The number of hydrogen-bond acceptors (Lipinski definition) is 3. The molecule has 1 aliphatic rings. The first-order valence-corrected chi connectivity index (χ1v) is 9.01. The molecule has 1 amide bonds. The molecule has 1 aliphatic heterocycles. The molecular formula is C22H18ClNO3. The second kappa shape index (κ2) is 6.97. The Hall–Kier alpha value is -2.98. The zero-order chi connectivity index (χ0) is 19.0. The van der Waals surface area contributed by atoms with E-state index < -0.39 is 11.9 Å². The predicted octanol–water partition coefficient (Wildman–Crippen LogP) is 5.29. The topological polar surface area (TPSA) is 53.7 Å². The molecule has 27 heavy (non-hydrogen) atoms. The first-order valence-electron chi connectivity index (χ1n) is 8.63. The summed E-state index contributed by atoms with van der Waals surface area (Å²) < 4.78 is 5.42. The molecule has 0 fully saturated rings. The Labute approximate surface area is 162 Å². The molecular weight excluding hydrogens is 362 g/mol. The summed E-state index contributed by atoms with van der Waals surface area (Å²) in [5.74, 6) is -0.0179. The number of benzene rings is 2. The van der Waals surface area contributed by atoms with Gasteiger partial charge in [0.2, 0.25) is 0 Å². The summed E-state index contributed by atoms with van der Waals surface area (Å²) in [6, 6.07) is 18.3. The van der Waals surface area contributed by atoms with Crippen molar-refractivity contribution >= 4 is 23.1 Å². The highest BCUT2D eigenvalue weighted by atomic mass is 35.5. The highest BCUT2D eigenvalue weighted by molar-refractivity contribution is 6.30. The quantitative estimate of drug-likeness (QED) is 0.669. The van der Waals surface area contributed by atoms with E-state index in [4.69, 9.17) is 16.0 Å². The Morgan fingerprint density at radius 3 is 2.56 bits per heavy atom.